The minimum atomic E-state index is -0.173. The summed E-state index contributed by atoms with van der Waals surface area (Å²) < 4.78 is 0. The molecule has 0 radical (unpaired) electrons. The average Bonchev–Trinajstić information content (AvgIpc) is 2.65. The summed E-state index contributed by atoms with van der Waals surface area (Å²) in [5.41, 5.74) is 11.8. The van der Waals surface area contributed by atoms with Crippen LogP contribution in [0.2, 0.25) is 0 Å². The highest BCUT2D eigenvalue weighted by Gasteiger charge is 2.10. The summed E-state index contributed by atoms with van der Waals surface area (Å²) in [5, 5.41) is 4.75. The zero-order valence-electron chi connectivity index (χ0n) is 14.6. The molecule has 0 aliphatic rings. The summed E-state index contributed by atoms with van der Waals surface area (Å²) in [6.07, 6.45) is 3.52. The minimum Gasteiger partial charge on any atom is -0.398 e. The number of aromatic nitrogens is 2. The van der Waals surface area contributed by atoms with Crippen molar-refractivity contribution in [3.63, 3.8) is 0 Å². The molecule has 128 valence electrons. The maximum Gasteiger partial charge on any atom is 0.255 e. The number of fused-ring (bicyclic) bond motifs is 2. The second kappa shape index (κ2) is 6.11. The first-order valence-electron chi connectivity index (χ1n) is 8.34. The fourth-order valence-electron chi connectivity index (χ4n) is 3.02. The first-order chi connectivity index (χ1) is 12.5. The van der Waals surface area contributed by atoms with Crippen LogP contribution in [0.5, 0.6) is 0 Å². The van der Waals surface area contributed by atoms with Crippen molar-refractivity contribution in [2.45, 2.75) is 13.8 Å². The van der Waals surface area contributed by atoms with Crippen molar-refractivity contribution >= 4 is 39.1 Å². The summed E-state index contributed by atoms with van der Waals surface area (Å²) in [7, 11) is 0. The normalized spacial score (nSPS) is 11.0. The van der Waals surface area contributed by atoms with E-state index in [1.54, 1.807) is 18.5 Å². The van der Waals surface area contributed by atoms with E-state index in [0.29, 0.717) is 16.9 Å². The molecular formula is C21H18N4O. The van der Waals surface area contributed by atoms with Gasteiger partial charge in [0.05, 0.1) is 11.0 Å². The lowest BCUT2D eigenvalue weighted by Gasteiger charge is -2.10. The number of nitrogens with zero attached hydrogens (tertiary/aromatic N) is 2. The summed E-state index contributed by atoms with van der Waals surface area (Å²) in [6.45, 7) is 3.92. The number of rotatable bonds is 2. The van der Waals surface area contributed by atoms with E-state index in [4.69, 9.17) is 5.73 Å². The van der Waals surface area contributed by atoms with Gasteiger partial charge in [0.15, 0.2) is 0 Å². The molecule has 5 nitrogen and oxygen atoms in total. The Hall–Kier alpha value is -3.47. The smallest absolute Gasteiger partial charge is 0.255 e. The molecule has 0 atom stereocenters. The number of hydrogen-bond acceptors (Lipinski definition) is 4. The molecule has 0 spiro atoms. The first-order valence-corrected chi connectivity index (χ1v) is 8.34. The van der Waals surface area contributed by atoms with Crippen LogP contribution in [0.1, 0.15) is 21.5 Å². The Balaban J connectivity index is 1.69. The van der Waals surface area contributed by atoms with E-state index in [9.17, 15) is 4.79 Å². The number of carbonyl (C=O) groups is 1. The summed E-state index contributed by atoms with van der Waals surface area (Å²) in [5.74, 6) is -0.173. The van der Waals surface area contributed by atoms with Crippen LogP contribution in [0, 0.1) is 13.8 Å². The molecule has 2 aromatic heterocycles. The second-order valence-electron chi connectivity index (χ2n) is 6.40. The molecule has 0 unspecified atom stereocenters. The Labute approximate surface area is 150 Å². The van der Waals surface area contributed by atoms with Gasteiger partial charge in [-0.05, 0) is 67.4 Å². The van der Waals surface area contributed by atoms with Crippen LogP contribution in [0.3, 0.4) is 0 Å². The quantitative estimate of drug-likeness (QED) is 0.571. The van der Waals surface area contributed by atoms with Gasteiger partial charge in [0.1, 0.15) is 0 Å². The van der Waals surface area contributed by atoms with Gasteiger partial charge in [-0.3, -0.25) is 14.8 Å². The highest BCUT2D eigenvalue weighted by atomic mass is 16.1. The third-order valence-corrected chi connectivity index (χ3v) is 4.59. The summed E-state index contributed by atoms with van der Waals surface area (Å²) in [4.78, 5) is 21.4. The van der Waals surface area contributed by atoms with Crippen LogP contribution in [0.15, 0.2) is 54.9 Å². The van der Waals surface area contributed by atoms with E-state index in [1.807, 2.05) is 50.2 Å². The number of anilines is 2. The molecule has 0 saturated heterocycles. The maximum absolute atomic E-state index is 12.7. The van der Waals surface area contributed by atoms with Crippen molar-refractivity contribution < 1.29 is 4.79 Å². The third kappa shape index (κ3) is 2.73. The zero-order chi connectivity index (χ0) is 18.3. The van der Waals surface area contributed by atoms with E-state index in [2.05, 4.69) is 15.3 Å². The molecule has 1 amide bonds. The first kappa shape index (κ1) is 16.0. The second-order valence-corrected chi connectivity index (χ2v) is 6.40. The Bertz CT molecular complexity index is 1170. The van der Waals surface area contributed by atoms with Crippen molar-refractivity contribution in [2.24, 2.45) is 0 Å². The number of aryl methyl sites for hydroxylation is 2. The van der Waals surface area contributed by atoms with Crippen molar-refractivity contribution in [3.8, 4) is 0 Å². The SMILES string of the molecule is Cc1cnc2ccc(NC(=O)c3ccc4nccc(C)c4c3)cc2c1N. The largest absolute Gasteiger partial charge is 0.398 e. The number of benzene rings is 2. The number of nitrogens with two attached hydrogens (primary N) is 1. The molecule has 4 rings (SSSR count). The predicted molar refractivity (Wildman–Crippen MR) is 105 cm³/mol. The Morgan fingerprint density at radius 3 is 2.54 bits per heavy atom. The maximum atomic E-state index is 12.7. The van der Waals surface area contributed by atoms with E-state index in [0.717, 1.165) is 32.9 Å². The van der Waals surface area contributed by atoms with Crippen molar-refractivity contribution in [2.75, 3.05) is 11.1 Å². The Kier molecular flexibility index (Phi) is 3.77. The van der Waals surface area contributed by atoms with Gasteiger partial charge in [-0.1, -0.05) is 0 Å². The molecule has 0 aliphatic carbocycles. The van der Waals surface area contributed by atoms with Gasteiger partial charge >= 0.3 is 0 Å². The van der Waals surface area contributed by atoms with Crippen LogP contribution in [-0.2, 0) is 0 Å². The van der Waals surface area contributed by atoms with Gasteiger partial charge in [0, 0.05) is 40.1 Å². The Morgan fingerprint density at radius 1 is 0.923 bits per heavy atom. The lowest BCUT2D eigenvalue weighted by Crippen LogP contribution is -2.12. The van der Waals surface area contributed by atoms with Gasteiger partial charge in [0.25, 0.3) is 5.91 Å². The molecule has 0 saturated carbocycles. The van der Waals surface area contributed by atoms with Crippen LogP contribution in [0.4, 0.5) is 11.4 Å². The summed E-state index contributed by atoms with van der Waals surface area (Å²) >= 11 is 0. The third-order valence-electron chi connectivity index (χ3n) is 4.59. The standard InChI is InChI=1S/C21H18N4O/c1-12-7-8-23-18-5-3-14(9-16(12)18)21(26)25-15-4-6-19-17(10-15)20(22)13(2)11-24-19/h3-11H,1-2H3,(H2,22,24)(H,25,26). The molecule has 3 N–H and O–H groups in total. The number of pyridine rings is 2. The van der Waals surface area contributed by atoms with Gasteiger partial charge in [-0.25, -0.2) is 0 Å². The molecule has 5 heteroatoms. The molecule has 26 heavy (non-hydrogen) atoms. The van der Waals surface area contributed by atoms with Crippen molar-refractivity contribution in [1.82, 2.24) is 9.97 Å². The number of nitrogen functional groups attached to an aromatic ring is 1. The molecular weight excluding hydrogens is 324 g/mol. The number of hydrogen-bond donors (Lipinski definition) is 2. The van der Waals surface area contributed by atoms with E-state index >= 15 is 0 Å². The van der Waals surface area contributed by atoms with E-state index in [-0.39, 0.29) is 5.91 Å². The van der Waals surface area contributed by atoms with Gasteiger partial charge in [-0.2, -0.15) is 0 Å². The average molecular weight is 342 g/mol. The number of carbonyl (C=O) groups excluding carboxylic acids is 1. The predicted octanol–water partition coefficient (Wildman–Crippen LogP) is 4.23. The van der Waals surface area contributed by atoms with E-state index in [1.165, 1.54) is 0 Å². The molecule has 4 aromatic rings. The monoisotopic (exact) mass is 342 g/mol. The molecule has 2 aromatic carbocycles. The van der Waals surface area contributed by atoms with Crippen LogP contribution >= 0.6 is 0 Å². The lowest BCUT2D eigenvalue weighted by molar-refractivity contribution is 0.102. The van der Waals surface area contributed by atoms with Crippen molar-refractivity contribution in [3.05, 3.63) is 71.5 Å². The lowest BCUT2D eigenvalue weighted by atomic mass is 10.1. The zero-order valence-corrected chi connectivity index (χ0v) is 14.6. The molecule has 0 bridgehead atoms. The molecule has 2 heterocycles. The van der Waals surface area contributed by atoms with Gasteiger partial charge in [0.2, 0.25) is 0 Å². The van der Waals surface area contributed by atoms with E-state index < -0.39 is 0 Å². The summed E-state index contributed by atoms with van der Waals surface area (Å²) in [6, 6.07) is 13.0. The topological polar surface area (TPSA) is 80.9 Å². The fourth-order valence-corrected chi connectivity index (χ4v) is 3.02. The highest BCUT2D eigenvalue weighted by molar-refractivity contribution is 6.07. The number of amides is 1. The fraction of sp³-hybridized carbons (Fsp3) is 0.0952. The number of nitrogens with one attached hydrogen (secondary N) is 1. The van der Waals surface area contributed by atoms with Crippen LogP contribution < -0.4 is 11.1 Å². The molecule has 0 fully saturated rings. The molecule has 0 aliphatic heterocycles. The van der Waals surface area contributed by atoms with Gasteiger partial charge < -0.3 is 11.1 Å². The minimum absolute atomic E-state index is 0.173. The highest BCUT2D eigenvalue weighted by Crippen LogP contribution is 2.26. The van der Waals surface area contributed by atoms with Crippen molar-refractivity contribution in [1.29, 1.82) is 0 Å². The Morgan fingerprint density at radius 2 is 1.69 bits per heavy atom. The van der Waals surface area contributed by atoms with Crippen LogP contribution in [0.25, 0.3) is 21.8 Å². The van der Waals surface area contributed by atoms with Gasteiger partial charge in [-0.15, -0.1) is 0 Å². The van der Waals surface area contributed by atoms with Crippen LogP contribution in [-0.4, -0.2) is 15.9 Å².